The first-order valence-electron chi connectivity index (χ1n) is 11.2. The monoisotopic (exact) mass is 439 g/mol. The largest absolute Gasteiger partial charge is 0.416 e. The number of nitrogens with zero attached hydrogens (tertiary/aromatic N) is 2. The number of amides is 1. The minimum Gasteiger partial charge on any atom is -0.369 e. The molecule has 31 heavy (non-hydrogen) atoms. The van der Waals surface area contributed by atoms with E-state index in [1.165, 1.54) is 12.1 Å². The zero-order valence-electron chi connectivity index (χ0n) is 18.1. The molecule has 2 aliphatic rings. The molecular formula is C23H32F3N3O2. The fourth-order valence-corrected chi connectivity index (χ4v) is 4.50. The topological polar surface area (TPSA) is 52.7 Å². The second-order valence-electron chi connectivity index (χ2n) is 8.63. The lowest BCUT2D eigenvalue weighted by atomic mass is 9.84. The molecule has 1 aromatic carbocycles. The van der Waals surface area contributed by atoms with Crippen molar-refractivity contribution in [3.8, 4) is 0 Å². The summed E-state index contributed by atoms with van der Waals surface area (Å²) in [5.41, 5.74) is 0.0367. The molecule has 1 aliphatic heterocycles. The summed E-state index contributed by atoms with van der Waals surface area (Å²) in [6.45, 7) is 5.84. The Balaban J connectivity index is 1.37. The van der Waals surface area contributed by atoms with Crippen LogP contribution in [0.3, 0.4) is 0 Å². The summed E-state index contributed by atoms with van der Waals surface area (Å²) in [5, 5.41) is 2.85. The Morgan fingerprint density at radius 2 is 1.74 bits per heavy atom. The molecule has 2 fully saturated rings. The van der Waals surface area contributed by atoms with E-state index >= 15 is 0 Å². The van der Waals surface area contributed by atoms with Crippen LogP contribution in [0.4, 0.5) is 18.9 Å². The van der Waals surface area contributed by atoms with Gasteiger partial charge in [0.2, 0.25) is 5.78 Å². The van der Waals surface area contributed by atoms with E-state index in [0.717, 1.165) is 70.9 Å². The maximum atomic E-state index is 13.0. The summed E-state index contributed by atoms with van der Waals surface area (Å²) in [6.07, 6.45) is 0.948. The molecule has 0 unspecified atom stereocenters. The van der Waals surface area contributed by atoms with Gasteiger partial charge in [-0.05, 0) is 62.8 Å². The van der Waals surface area contributed by atoms with Crippen LogP contribution in [-0.4, -0.2) is 55.4 Å². The van der Waals surface area contributed by atoms with Crippen LogP contribution in [0.2, 0.25) is 0 Å². The highest BCUT2D eigenvalue weighted by Gasteiger charge is 2.31. The number of Topliss-reactive ketones (excluding diaryl/α,β-unsaturated/α-hetero) is 1. The fourth-order valence-electron chi connectivity index (χ4n) is 4.50. The Kier molecular flexibility index (Phi) is 7.97. The van der Waals surface area contributed by atoms with Crippen molar-refractivity contribution in [2.24, 2.45) is 5.92 Å². The first-order chi connectivity index (χ1) is 14.8. The standard InChI is InChI=1S/C23H32F3N3O2/c1-2-21(30)22(31)27-19-8-6-17(7-9-19)10-11-28-12-14-29(15-13-28)20-5-3-4-18(16-20)23(24,25)26/h3-5,16-17,19H,2,6-15H2,1H3,(H,27,31)/t17-,19-. The van der Waals surface area contributed by atoms with Gasteiger partial charge < -0.3 is 10.2 Å². The highest BCUT2D eigenvalue weighted by molar-refractivity contribution is 6.36. The maximum Gasteiger partial charge on any atom is 0.416 e. The third kappa shape index (κ3) is 6.69. The van der Waals surface area contributed by atoms with Crippen LogP contribution in [0.1, 0.15) is 51.0 Å². The summed E-state index contributed by atoms with van der Waals surface area (Å²) in [4.78, 5) is 27.6. The molecule has 3 rings (SSSR count). The number of piperazine rings is 1. The van der Waals surface area contributed by atoms with Crippen molar-refractivity contribution < 1.29 is 22.8 Å². The molecule has 1 amide bonds. The lowest BCUT2D eigenvalue weighted by molar-refractivity contribution is -0.138. The highest BCUT2D eigenvalue weighted by atomic mass is 19.4. The van der Waals surface area contributed by atoms with Crippen molar-refractivity contribution >= 4 is 17.4 Å². The van der Waals surface area contributed by atoms with Crippen molar-refractivity contribution in [3.63, 3.8) is 0 Å². The zero-order valence-corrected chi connectivity index (χ0v) is 18.1. The molecule has 0 spiro atoms. The quantitative estimate of drug-likeness (QED) is 0.656. The molecular weight excluding hydrogens is 407 g/mol. The molecule has 1 saturated heterocycles. The molecule has 1 aliphatic carbocycles. The van der Waals surface area contributed by atoms with Crippen molar-refractivity contribution in [3.05, 3.63) is 29.8 Å². The number of carbonyl (C=O) groups is 2. The van der Waals surface area contributed by atoms with Gasteiger partial charge in [0.05, 0.1) is 5.56 Å². The number of rotatable bonds is 7. The van der Waals surface area contributed by atoms with E-state index in [4.69, 9.17) is 0 Å². The number of ketones is 1. The molecule has 0 aromatic heterocycles. The summed E-state index contributed by atoms with van der Waals surface area (Å²) in [7, 11) is 0. The SMILES string of the molecule is CCC(=O)C(=O)N[C@H]1CC[C@H](CCN2CCN(c3cccc(C(F)(F)F)c3)CC2)CC1. The van der Waals surface area contributed by atoms with Crippen LogP contribution in [0.15, 0.2) is 24.3 Å². The number of hydrogen-bond donors (Lipinski definition) is 1. The number of benzene rings is 1. The van der Waals surface area contributed by atoms with Crippen LogP contribution >= 0.6 is 0 Å². The van der Waals surface area contributed by atoms with Gasteiger partial charge in [-0.1, -0.05) is 13.0 Å². The molecule has 8 heteroatoms. The van der Waals surface area contributed by atoms with Gasteiger partial charge in [-0.25, -0.2) is 0 Å². The number of alkyl halides is 3. The molecule has 5 nitrogen and oxygen atoms in total. The predicted octanol–water partition coefficient (Wildman–Crippen LogP) is 3.87. The van der Waals surface area contributed by atoms with Crippen LogP contribution in [0, 0.1) is 5.92 Å². The molecule has 1 heterocycles. The molecule has 172 valence electrons. The van der Waals surface area contributed by atoms with Crippen LogP contribution in [0.5, 0.6) is 0 Å². The van der Waals surface area contributed by atoms with Crippen LogP contribution in [-0.2, 0) is 15.8 Å². The number of nitrogens with one attached hydrogen (secondary N) is 1. The number of carbonyl (C=O) groups excluding carboxylic acids is 2. The normalized spacial score (nSPS) is 22.9. The Morgan fingerprint density at radius 1 is 1.06 bits per heavy atom. The first-order valence-corrected chi connectivity index (χ1v) is 11.2. The smallest absolute Gasteiger partial charge is 0.369 e. The van der Waals surface area contributed by atoms with Crippen molar-refractivity contribution in [1.29, 1.82) is 0 Å². The third-order valence-corrected chi connectivity index (χ3v) is 6.52. The average Bonchev–Trinajstić information content (AvgIpc) is 2.78. The van der Waals surface area contributed by atoms with Gasteiger partial charge in [-0.3, -0.25) is 14.5 Å². The second-order valence-corrected chi connectivity index (χ2v) is 8.63. The Hall–Kier alpha value is -2.09. The lowest BCUT2D eigenvalue weighted by Gasteiger charge is -2.37. The second kappa shape index (κ2) is 10.5. The molecule has 1 aromatic rings. The Morgan fingerprint density at radius 3 is 2.35 bits per heavy atom. The Bertz CT molecular complexity index is 753. The van der Waals surface area contributed by atoms with Gasteiger partial charge in [0.1, 0.15) is 0 Å². The summed E-state index contributed by atoms with van der Waals surface area (Å²) >= 11 is 0. The fraction of sp³-hybridized carbons (Fsp3) is 0.652. The molecule has 0 radical (unpaired) electrons. The van der Waals surface area contributed by atoms with Crippen molar-refractivity contribution in [2.45, 2.75) is 57.7 Å². The minimum atomic E-state index is -4.31. The van der Waals surface area contributed by atoms with Gasteiger partial charge in [-0.15, -0.1) is 0 Å². The van der Waals surface area contributed by atoms with E-state index in [1.54, 1.807) is 13.0 Å². The van der Waals surface area contributed by atoms with E-state index in [1.807, 2.05) is 4.90 Å². The van der Waals surface area contributed by atoms with Crippen molar-refractivity contribution in [2.75, 3.05) is 37.6 Å². The van der Waals surface area contributed by atoms with Gasteiger partial charge in [0.25, 0.3) is 5.91 Å². The minimum absolute atomic E-state index is 0.107. The number of anilines is 1. The zero-order chi connectivity index (χ0) is 22.4. The van der Waals surface area contributed by atoms with E-state index in [0.29, 0.717) is 11.6 Å². The van der Waals surface area contributed by atoms with Crippen LogP contribution in [0.25, 0.3) is 0 Å². The van der Waals surface area contributed by atoms with Gasteiger partial charge in [0.15, 0.2) is 0 Å². The number of halogens is 3. The number of hydrogen-bond acceptors (Lipinski definition) is 4. The molecule has 1 saturated carbocycles. The van der Waals surface area contributed by atoms with E-state index in [2.05, 4.69) is 10.2 Å². The van der Waals surface area contributed by atoms with Gasteiger partial charge in [-0.2, -0.15) is 13.2 Å². The summed E-state index contributed by atoms with van der Waals surface area (Å²) in [5.74, 6) is -0.187. The predicted molar refractivity (Wildman–Crippen MR) is 114 cm³/mol. The maximum absolute atomic E-state index is 13.0. The Labute approximate surface area is 182 Å². The van der Waals surface area contributed by atoms with E-state index in [-0.39, 0.29) is 18.2 Å². The molecule has 0 bridgehead atoms. The summed E-state index contributed by atoms with van der Waals surface area (Å²) in [6, 6.07) is 5.68. The van der Waals surface area contributed by atoms with Gasteiger partial charge in [0, 0.05) is 44.3 Å². The van der Waals surface area contributed by atoms with Gasteiger partial charge >= 0.3 is 6.18 Å². The van der Waals surface area contributed by atoms with Crippen LogP contribution < -0.4 is 10.2 Å². The third-order valence-electron chi connectivity index (χ3n) is 6.52. The highest BCUT2D eigenvalue weighted by Crippen LogP contribution is 2.32. The van der Waals surface area contributed by atoms with Crippen molar-refractivity contribution in [1.82, 2.24) is 10.2 Å². The molecule has 0 atom stereocenters. The molecule has 1 N–H and O–H groups in total. The average molecular weight is 440 g/mol. The van der Waals surface area contributed by atoms with E-state index < -0.39 is 17.6 Å². The first kappa shape index (κ1) is 23.6. The lowest BCUT2D eigenvalue weighted by Crippen LogP contribution is -2.47. The summed E-state index contributed by atoms with van der Waals surface area (Å²) < 4.78 is 38.9. The van der Waals surface area contributed by atoms with E-state index in [9.17, 15) is 22.8 Å².